The molecule has 0 unspecified atom stereocenters. The number of aliphatic hydroxyl groups excluding tert-OH is 3. The maximum absolute atomic E-state index is 8.48. The van der Waals surface area contributed by atoms with Gasteiger partial charge in [0.05, 0.1) is 19.8 Å². The topological polar surface area (TPSA) is 63.9 Å². The molecule has 0 aromatic carbocycles. The van der Waals surface area contributed by atoms with Crippen LogP contribution in [-0.2, 0) is 0 Å². The molecule has 0 saturated heterocycles. The highest BCUT2D eigenvalue weighted by atomic mass is 16.3. The molecule has 4 nitrogen and oxygen atoms in total. The summed E-state index contributed by atoms with van der Waals surface area (Å²) in [5.74, 6) is 0. The minimum Gasteiger partial charge on any atom is -0.395 e. The lowest BCUT2D eigenvalue weighted by molar-refractivity contribution is 0.136. The average Bonchev–Trinajstić information content (AvgIpc) is 1.90. The van der Waals surface area contributed by atoms with E-state index in [1.54, 1.807) is 4.90 Å². The molecular formula is C6H15NO3. The van der Waals surface area contributed by atoms with Crippen LogP contribution in [0, 0.1) is 0 Å². The maximum Gasteiger partial charge on any atom is 0.0558 e. The predicted molar refractivity (Wildman–Crippen MR) is 37.7 cm³/mol. The Morgan fingerprint density at radius 2 is 1.00 bits per heavy atom. The second-order valence-electron chi connectivity index (χ2n) is 2.01. The minimum atomic E-state index is 0.0694. The fourth-order valence-electron chi connectivity index (χ4n) is 0.760. The Morgan fingerprint density at radius 1 is 0.700 bits per heavy atom. The summed E-state index contributed by atoms with van der Waals surface area (Å²) in [7, 11) is 0. The Balaban J connectivity index is 3.30. The van der Waals surface area contributed by atoms with Gasteiger partial charge in [-0.2, -0.15) is 0 Å². The van der Waals surface area contributed by atoms with Crippen LogP contribution in [0.4, 0.5) is 0 Å². The van der Waals surface area contributed by atoms with Gasteiger partial charge in [0.25, 0.3) is 0 Å². The van der Waals surface area contributed by atoms with E-state index >= 15 is 0 Å². The molecule has 0 saturated carbocycles. The largest absolute Gasteiger partial charge is 0.395 e. The van der Waals surface area contributed by atoms with E-state index in [-0.39, 0.29) is 19.8 Å². The van der Waals surface area contributed by atoms with Gasteiger partial charge in [-0.3, -0.25) is 4.90 Å². The van der Waals surface area contributed by atoms with E-state index in [1.807, 2.05) is 0 Å². The first-order valence-corrected chi connectivity index (χ1v) is 3.40. The molecule has 62 valence electrons. The van der Waals surface area contributed by atoms with Crippen LogP contribution in [0.25, 0.3) is 0 Å². The molecule has 4 heteroatoms. The van der Waals surface area contributed by atoms with Crippen LogP contribution < -0.4 is 0 Å². The van der Waals surface area contributed by atoms with Crippen molar-refractivity contribution in [2.75, 3.05) is 39.5 Å². The molecule has 10 heavy (non-hydrogen) atoms. The van der Waals surface area contributed by atoms with Gasteiger partial charge in [-0.1, -0.05) is 0 Å². The van der Waals surface area contributed by atoms with Gasteiger partial charge in [-0.05, 0) is 0 Å². The highest BCUT2D eigenvalue weighted by molar-refractivity contribution is 4.54. The first-order valence-electron chi connectivity index (χ1n) is 3.40. The number of nitrogens with zero attached hydrogens (tertiary/aromatic N) is 1. The van der Waals surface area contributed by atoms with Gasteiger partial charge in [0.2, 0.25) is 0 Å². The van der Waals surface area contributed by atoms with Gasteiger partial charge >= 0.3 is 0 Å². The molecule has 0 radical (unpaired) electrons. The molecule has 0 atom stereocenters. The monoisotopic (exact) mass is 149 g/mol. The van der Waals surface area contributed by atoms with Crippen molar-refractivity contribution in [3.05, 3.63) is 0 Å². The van der Waals surface area contributed by atoms with Crippen molar-refractivity contribution in [2.45, 2.75) is 0 Å². The molecule has 0 heterocycles. The summed E-state index contributed by atoms with van der Waals surface area (Å²) < 4.78 is 0. The molecule has 0 bridgehead atoms. The molecule has 0 aliphatic rings. The minimum absolute atomic E-state index is 0.0694. The van der Waals surface area contributed by atoms with E-state index < -0.39 is 0 Å². The number of aliphatic hydroxyl groups is 3. The smallest absolute Gasteiger partial charge is 0.0558 e. The molecule has 0 aromatic rings. The van der Waals surface area contributed by atoms with Crippen LogP contribution in [0.2, 0.25) is 0 Å². The third kappa shape index (κ3) is 4.69. The Bertz CT molecular complexity index is 55.7. The Kier molecular flexibility index (Phi) is 6.84. The van der Waals surface area contributed by atoms with Crippen LogP contribution in [0.5, 0.6) is 0 Å². The normalized spacial score (nSPS) is 10.8. The Hall–Kier alpha value is -0.160. The summed E-state index contributed by atoms with van der Waals surface area (Å²) in [6, 6.07) is 0. The predicted octanol–water partition coefficient (Wildman–Crippen LogP) is -1.73. The average molecular weight is 149 g/mol. The van der Waals surface area contributed by atoms with Gasteiger partial charge in [0, 0.05) is 19.6 Å². The van der Waals surface area contributed by atoms with E-state index in [9.17, 15) is 0 Å². The summed E-state index contributed by atoms with van der Waals surface area (Å²) in [5.41, 5.74) is 0. The number of rotatable bonds is 6. The molecule has 0 spiro atoms. The summed E-state index contributed by atoms with van der Waals surface area (Å²) in [6.07, 6.45) is 0. The second kappa shape index (κ2) is 6.95. The SMILES string of the molecule is OCCN(CCO)CC[16OH]. The van der Waals surface area contributed by atoms with Gasteiger partial charge in [-0.25, -0.2) is 0 Å². The summed E-state index contributed by atoms with van der Waals surface area (Å²) in [4.78, 5) is 1.79. The van der Waals surface area contributed by atoms with Gasteiger partial charge in [0.1, 0.15) is 0 Å². The van der Waals surface area contributed by atoms with E-state index in [0.29, 0.717) is 19.6 Å². The third-order valence-electron chi connectivity index (χ3n) is 1.25. The van der Waals surface area contributed by atoms with E-state index in [2.05, 4.69) is 0 Å². The van der Waals surface area contributed by atoms with Crippen molar-refractivity contribution in [2.24, 2.45) is 0 Å². The van der Waals surface area contributed by atoms with Crippen molar-refractivity contribution in [1.82, 2.24) is 4.90 Å². The lowest BCUT2D eigenvalue weighted by Gasteiger charge is -2.17. The van der Waals surface area contributed by atoms with Gasteiger partial charge in [0.15, 0.2) is 0 Å². The highest BCUT2D eigenvalue weighted by Crippen LogP contribution is 1.84. The standard InChI is InChI=1S/C6H15NO3/c8-4-1-7(2-5-9)3-6-10/h8-10H,1-6H2/i8+0. The zero-order chi connectivity index (χ0) is 7.82. The van der Waals surface area contributed by atoms with Crippen LogP contribution in [0.1, 0.15) is 0 Å². The van der Waals surface area contributed by atoms with Crippen molar-refractivity contribution < 1.29 is 15.3 Å². The van der Waals surface area contributed by atoms with Gasteiger partial charge in [-0.15, -0.1) is 0 Å². The maximum atomic E-state index is 8.48. The zero-order valence-electron chi connectivity index (χ0n) is 6.03. The molecule has 0 aliphatic carbocycles. The summed E-state index contributed by atoms with van der Waals surface area (Å²) in [6.45, 7) is 1.75. The summed E-state index contributed by atoms with van der Waals surface area (Å²) >= 11 is 0. The first-order chi connectivity index (χ1) is 4.85. The first kappa shape index (κ1) is 9.84. The van der Waals surface area contributed by atoms with E-state index in [0.717, 1.165) is 0 Å². The van der Waals surface area contributed by atoms with Crippen molar-refractivity contribution >= 4 is 0 Å². The van der Waals surface area contributed by atoms with Gasteiger partial charge < -0.3 is 15.3 Å². The fourth-order valence-corrected chi connectivity index (χ4v) is 0.760. The van der Waals surface area contributed by atoms with E-state index in [1.165, 1.54) is 0 Å². The molecule has 0 amide bonds. The molecule has 0 fully saturated rings. The molecule has 0 rings (SSSR count). The van der Waals surface area contributed by atoms with Crippen molar-refractivity contribution in [1.29, 1.82) is 0 Å². The second-order valence-corrected chi connectivity index (χ2v) is 2.01. The van der Waals surface area contributed by atoms with E-state index in [4.69, 9.17) is 15.3 Å². The zero-order valence-corrected chi connectivity index (χ0v) is 6.03. The molecular weight excluding hydrogens is 134 g/mol. The van der Waals surface area contributed by atoms with Crippen LogP contribution in [0.15, 0.2) is 0 Å². The Labute approximate surface area is 60.7 Å². The van der Waals surface area contributed by atoms with Crippen LogP contribution >= 0.6 is 0 Å². The highest BCUT2D eigenvalue weighted by Gasteiger charge is 2.00. The molecule has 0 aromatic heterocycles. The Morgan fingerprint density at radius 3 is 1.20 bits per heavy atom. The van der Waals surface area contributed by atoms with Crippen molar-refractivity contribution in [3.8, 4) is 0 Å². The summed E-state index contributed by atoms with van der Waals surface area (Å²) in [5, 5.41) is 25.5. The molecule has 0 aliphatic heterocycles. The van der Waals surface area contributed by atoms with Crippen LogP contribution in [-0.4, -0.2) is 59.7 Å². The lowest BCUT2D eigenvalue weighted by atomic mass is 10.4. The fraction of sp³-hybridized carbons (Fsp3) is 1.00. The van der Waals surface area contributed by atoms with Crippen molar-refractivity contribution in [3.63, 3.8) is 0 Å². The third-order valence-corrected chi connectivity index (χ3v) is 1.25. The number of hydrogen-bond donors (Lipinski definition) is 3. The quantitative estimate of drug-likeness (QED) is 0.420. The number of hydrogen-bond acceptors (Lipinski definition) is 4. The molecule has 3 N–H and O–H groups in total. The lowest BCUT2D eigenvalue weighted by Crippen LogP contribution is -2.32. The van der Waals surface area contributed by atoms with Crippen LogP contribution in [0.3, 0.4) is 0 Å².